The Labute approximate surface area is 120 Å². The monoisotopic (exact) mass is 271 g/mol. The van der Waals surface area contributed by atoms with Crippen LogP contribution in [0.15, 0.2) is 18.5 Å². The summed E-state index contributed by atoms with van der Waals surface area (Å²) < 4.78 is 0. The van der Waals surface area contributed by atoms with Crippen LogP contribution in [0.2, 0.25) is 0 Å². The van der Waals surface area contributed by atoms with Crippen LogP contribution in [0.3, 0.4) is 0 Å². The molecule has 20 heavy (non-hydrogen) atoms. The summed E-state index contributed by atoms with van der Waals surface area (Å²) in [7, 11) is 0. The first kappa shape index (κ1) is 14.5. The van der Waals surface area contributed by atoms with Crippen molar-refractivity contribution in [3.8, 4) is 11.8 Å². The van der Waals surface area contributed by atoms with E-state index in [0.29, 0.717) is 23.0 Å². The highest BCUT2D eigenvalue weighted by molar-refractivity contribution is 5.96. The van der Waals surface area contributed by atoms with Crippen molar-refractivity contribution in [2.24, 2.45) is 17.6 Å². The van der Waals surface area contributed by atoms with E-state index in [1.165, 1.54) is 6.42 Å². The summed E-state index contributed by atoms with van der Waals surface area (Å²) >= 11 is 0. The van der Waals surface area contributed by atoms with Gasteiger partial charge in [0.25, 0.3) is 5.91 Å². The maximum atomic E-state index is 12.7. The van der Waals surface area contributed by atoms with Gasteiger partial charge in [-0.15, -0.1) is 0 Å². The summed E-state index contributed by atoms with van der Waals surface area (Å²) in [6.45, 7) is 6.29. The summed E-state index contributed by atoms with van der Waals surface area (Å²) in [5, 5.41) is 0. The van der Waals surface area contributed by atoms with Crippen LogP contribution in [0.1, 0.15) is 36.2 Å². The third-order valence-electron chi connectivity index (χ3n) is 3.53. The number of carbonyl (C=O) groups excluding carboxylic acids is 1. The first-order valence-electron chi connectivity index (χ1n) is 7.04. The maximum absolute atomic E-state index is 12.7. The number of pyridine rings is 1. The van der Waals surface area contributed by atoms with Gasteiger partial charge in [0, 0.05) is 25.5 Å². The molecule has 4 heteroatoms. The highest BCUT2D eigenvalue weighted by Crippen LogP contribution is 2.23. The molecular formula is C16H21N3O. The maximum Gasteiger partial charge on any atom is 0.255 e. The molecule has 2 unspecified atom stereocenters. The Kier molecular flexibility index (Phi) is 4.75. The quantitative estimate of drug-likeness (QED) is 0.788. The zero-order valence-electron chi connectivity index (χ0n) is 12.1. The molecule has 0 radical (unpaired) electrons. The van der Waals surface area contributed by atoms with E-state index in [0.717, 1.165) is 13.1 Å². The number of amides is 1. The van der Waals surface area contributed by atoms with E-state index in [1.54, 1.807) is 18.5 Å². The molecule has 0 aromatic carbocycles. The van der Waals surface area contributed by atoms with Crippen LogP contribution >= 0.6 is 0 Å². The molecule has 0 saturated carbocycles. The van der Waals surface area contributed by atoms with E-state index < -0.39 is 0 Å². The SMILES string of the molecule is CC1CC(C)CN(C(=O)c2ccncc2C#CCN)C1. The van der Waals surface area contributed by atoms with Gasteiger partial charge in [-0.25, -0.2) is 0 Å². The van der Waals surface area contributed by atoms with Crippen LogP contribution in [-0.4, -0.2) is 35.4 Å². The van der Waals surface area contributed by atoms with Gasteiger partial charge in [0.15, 0.2) is 0 Å². The van der Waals surface area contributed by atoms with Gasteiger partial charge < -0.3 is 10.6 Å². The van der Waals surface area contributed by atoms with Crippen molar-refractivity contribution in [3.05, 3.63) is 29.6 Å². The van der Waals surface area contributed by atoms with Crippen LogP contribution in [0.4, 0.5) is 0 Å². The van der Waals surface area contributed by atoms with Gasteiger partial charge in [0.05, 0.1) is 17.7 Å². The average Bonchev–Trinajstić information content (AvgIpc) is 2.43. The molecule has 0 aliphatic carbocycles. The highest BCUT2D eigenvalue weighted by atomic mass is 16.2. The smallest absolute Gasteiger partial charge is 0.255 e. The predicted molar refractivity (Wildman–Crippen MR) is 79.0 cm³/mol. The lowest BCUT2D eigenvalue weighted by atomic mass is 9.91. The number of likely N-dealkylation sites (tertiary alicyclic amines) is 1. The third kappa shape index (κ3) is 3.37. The van der Waals surface area contributed by atoms with Gasteiger partial charge in [-0.1, -0.05) is 25.7 Å². The Morgan fingerprint density at radius 2 is 2.15 bits per heavy atom. The Bertz CT molecular complexity index is 534. The molecule has 1 aliphatic rings. The molecule has 2 N–H and O–H groups in total. The van der Waals surface area contributed by atoms with Gasteiger partial charge in [-0.05, 0) is 24.3 Å². The summed E-state index contributed by atoms with van der Waals surface area (Å²) in [5.41, 5.74) is 6.68. The minimum atomic E-state index is 0.0483. The Hall–Kier alpha value is -1.86. The number of aromatic nitrogens is 1. The van der Waals surface area contributed by atoms with E-state index in [2.05, 4.69) is 30.7 Å². The first-order chi connectivity index (χ1) is 9.61. The molecule has 4 nitrogen and oxygen atoms in total. The number of rotatable bonds is 1. The Morgan fingerprint density at radius 1 is 1.45 bits per heavy atom. The zero-order valence-corrected chi connectivity index (χ0v) is 12.1. The fourth-order valence-corrected chi connectivity index (χ4v) is 2.83. The number of hydrogen-bond donors (Lipinski definition) is 1. The minimum Gasteiger partial charge on any atom is -0.338 e. The first-order valence-corrected chi connectivity index (χ1v) is 7.04. The number of nitrogens with zero attached hydrogens (tertiary/aromatic N) is 2. The summed E-state index contributed by atoms with van der Waals surface area (Å²) in [5.74, 6) is 6.86. The molecule has 1 fully saturated rings. The van der Waals surface area contributed by atoms with Crippen molar-refractivity contribution in [2.75, 3.05) is 19.6 Å². The topological polar surface area (TPSA) is 59.2 Å². The fraction of sp³-hybridized carbons (Fsp3) is 0.500. The van der Waals surface area contributed by atoms with E-state index in [1.807, 2.05) is 4.90 Å². The lowest BCUT2D eigenvalue weighted by Crippen LogP contribution is -2.42. The molecule has 106 valence electrons. The second kappa shape index (κ2) is 6.53. The zero-order chi connectivity index (χ0) is 14.5. The molecule has 2 rings (SSSR count). The molecule has 1 aliphatic heterocycles. The van der Waals surface area contributed by atoms with Gasteiger partial charge in [0.2, 0.25) is 0 Å². The number of piperidine rings is 1. The van der Waals surface area contributed by atoms with Crippen molar-refractivity contribution < 1.29 is 4.79 Å². The molecule has 0 bridgehead atoms. The Balaban J connectivity index is 2.24. The second-order valence-corrected chi connectivity index (χ2v) is 5.58. The third-order valence-corrected chi connectivity index (χ3v) is 3.53. The van der Waals surface area contributed by atoms with E-state index in [-0.39, 0.29) is 12.5 Å². The molecule has 1 saturated heterocycles. The highest BCUT2D eigenvalue weighted by Gasteiger charge is 2.27. The van der Waals surface area contributed by atoms with Crippen LogP contribution in [0.25, 0.3) is 0 Å². The van der Waals surface area contributed by atoms with Crippen molar-refractivity contribution in [2.45, 2.75) is 20.3 Å². The lowest BCUT2D eigenvalue weighted by molar-refractivity contribution is 0.0622. The molecule has 1 amide bonds. The van der Waals surface area contributed by atoms with Gasteiger partial charge >= 0.3 is 0 Å². The fourth-order valence-electron chi connectivity index (χ4n) is 2.83. The van der Waals surface area contributed by atoms with Gasteiger partial charge in [-0.3, -0.25) is 9.78 Å². The normalized spacial score (nSPS) is 22.1. The van der Waals surface area contributed by atoms with Gasteiger partial charge in [-0.2, -0.15) is 0 Å². The molecule has 1 aromatic rings. The molecule has 1 aromatic heterocycles. The largest absolute Gasteiger partial charge is 0.338 e. The Morgan fingerprint density at radius 3 is 2.80 bits per heavy atom. The van der Waals surface area contributed by atoms with Crippen LogP contribution in [0.5, 0.6) is 0 Å². The van der Waals surface area contributed by atoms with Crippen molar-refractivity contribution >= 4 is 5.91 Å². The van der Waals surface area contributed by atoms with Gasteiger partial charge in [0.1, 0.15) is 0 Å². The summed E-state index contributed by atoms with van der Waals surface area (Å²) in [6.07, 6.45) is 4.45. The molecule has 2 atom stereocenters. The average molecular weight is 271 g/mol. The molecular weight excluding hydrogens is 250 g/mol. The lowest BCUT2D eigenvalue weighted by Gasteiger charge is -2.35. The van der Waals surface area contributed by atoms with Crippen LogP contribution in [-0.2, 0) is 0 Å². The predicted octanol–water partition coefficient (Wildman–Crippen LogP) is 1.51. The van der Waals surface area contributed by atoms with Crippen molar-refractivity contribution in [1.82, 2.24) is 9.88 Å². The number of carbonyl (C=O) groups is 1. The number of hydrogen-bond acceptors (Lipinski definition) is 3. The van der Waals surface area contributed by atoms with Crippen LogP contribution < -0.4 is 5.73 Å². The van der Waals surface area contributed by atoms with Crippen molar-refractivity contribution in [1.29, 1.82) is 0 Å². The van der Waals surface area contributed by atoms with E-state index in [9.17, 15) is 4.79 Å². The summed E-state index contributed by atoms with van der Waals surface area (Å²) in [4.78, 5) is 18.6. The molecule has 2 heterocycles. The van der Waals surface area contributed by atoms with E-state index >= 15 is 0 Å². The van der Waals surface area contributed by atoms with E-state index in [4.69, 9.17) is 5.73 Å². The number of nitrogens with two attached hydrogens (primary N) is 1. The second-order valence-electron chi connectivity index (χ2n) is 5.58. The minimum absolute atomic E-state index is 0.0483. The van der Waals surface area contributed by atoms with Crippen LogP contribution in [0, 0.1) is 23.7 Å². The standard InChI is InChI=1S/C16H21N3O/c1-12-8-13(2)11-19(10-12)16(20)15-5-7-18-9-14(15)4-3-6-17/h5,7,9,12-13H,6,8,10-11,17H2,1-2H3. The van der Waals surface area contributed by atoms with Crippen molar-refractivity contribution in [3.63, 3.8) is 0 Å². The molecule has 0 spiro atoms. The summed E-state index contributed by atoms with van der Waals surface area (Å²) in [6, 6.07) is 1.74.